The third kappa shape index (κ3) is 6.44. The Bertz CT molecular complexity index is 1700. The Morgan fingerprint density at radius 3 is 2.37 bits per heavy atom. The fraction of sp³-hybridized carbons (Fsp3) is 0.161. The number of non-ortho nitro benzene ring substituents is 2. The number of nitrogens with zero attached hydrogens (tertiary/aromatic N) is 4. The van der Waals surface area contributed by atoms with Gasteiger partial charge in [-0.2, -0.15) is 0 Å². The highest BCUT2D eigenvalue weighted by atomic mass is 16.6. The van der Waals surface area contributed by atoms with Crippen LogP contribution in [0.2, 0.25) is 0 Å². The Balaban J connectivity index is 1.55. The predicted octanol–water partition coefficient (Wildman–Crippen LogP) is 5.78. The molecule has 0 aliphatic rings. The molecule has 5 aromatic rings. The lowest BCUT2D eigenvalue weighted by Crippen LogP contribution is -2.27. The van der Waals surface area contributed by atoms with Gasteiger partial charge < -0.3 is 9.88 Å². The first-order chi connectivity index (χ1) is 19.9. The van der Waals surface area contributed by atoms with Crippen LogP contribution in [0, 0.1) is 20.2 Å². The van der Waals surface area contributed by atoms with Gasteiger partial charge in [0, 0.05) is 85.1 Å². The van der Waals surface area contributed by atoms with Gasteiger partial charge in [0.05, 0.1) is 9.85 Å². The monoisotopic (exact) mass is 549 g/mol. The van der Waals surface area contributed by atoms with Gasteiger partial charge in [0.25, 0.3) is 11.4 Å². The fourth-order valence-corrected chi connectivity index (χ4v) is 5.01. The summed E-state index contributed by atoms with van der Waals surface area (Å²) in [5.74, 6) is -0.835. The second-order valence-electron chi connectivity index (χ2n) is 9.69. The summed E-state index contributed by atoms with van der Waals surface area (Å²) < 4.78 is 1.99. The predicted molar refractivity (Wildman–Crippen MR) is 155 cm³/mol. The number of aromatic nitrogens is 2. The molecule has 1 unspecified atom stereocenters. The molecule has 0 radical (unpaired) electrons. The number of benzene rings is 3. The minimum absolute atomic E-state index is 0.00344. The Morgan fingerprint density at radius 2 is 1.63 bits per heavy atom. The summed E-state index contributed by atoms with van der Waals surface area (Å²) in [6.45, 7) is 0.881. The van der Waals surface area contributed by atoms with E-state index in [1.165, 1.54) is 24.3 Å². The van der Waals surface area contributed by atoms with Crippen LogP contribution in [0.1, 0.15) is 34.7 Å². The largest absolute Gasteiger partial charge is 0.356 e. The maximum atomic E-state index is 13.2. The van der Waals surface area contributed by atoms with Gasteiger partial charge in [-0.05, 0) is 34.9 Å². The quantitative estimate of drug-likeness (QED) is 0.164. The maximum Gasteiger partial charge on any atom is 0.270 e. The zero-order chi connectivity index (χ0) is 28.8. The lowest BCUT2D eigenvalue weighted by Gasteiger charge is -2.17. The second-order valence-corrected chi connectivity index (χ2v) is 9.69. The molecule has 0 saturated heterocycles. The van der Waals surface area contributed by atoms with Crippen molar-refractivity contribution in [1.82, 2.24) is 14.9 Å². The van der Waals surface area contributed by atoms with E-state index in [0.717, 1.165) is 16.8 Å². The van der Waals surface area contributed by atoms with E-state index in [-0.39, 0.29) is 23.7 Å². The number of hydrogen-bond acceptors (Lipinski definition) is 6. The highest BCUT2D eigenvalue weighted by molar-refractivity contribution is 5.88. The van der Waals surface area contributed by atoms with Gasteiger partial charge in [0.15, 0.2) is 0 Å². The van der Waals surface area contributed by atoms with Crippen molar-refractivity contribution in [2.24, 2.45) is 0 Å². The van der Waals surface area contributed by atoms with E-state index in [9.17, 15) is 25.0 Å². The molecule has 2 heterocycles. The molecular weight excluding hydrogens is 522 g/mol. The number of carbonyl (C=O) groups excluding carboxylic acids is 1. The lowest BCUT2D eigenvalue weighted by atomic mass is 9.87. The Hall–Kier alpha value is -5.38. The van der Waals surface area contributed by atoms with E-state index in [2.05, 4.69) is 10.3 Å². The van der Waals surface area contributed by atoms with Gasteiger partial charge in [0.2, 0.25) is 5.91 Å². The number of amides is 1. The van der Waals surface area contributed by atoms with E-state index in [0.29, 0.717) is 36.0 Å². The third-order valence-electron chi connectivity index (χ3n) is 6.98. The van der Waals surface area contributed by atoms with Crippen LogP contribution in [0.3, 0.4) is 0 Å². The number of carbonyl (C=O) groups is 1. The zero-order valence-corrected chi connectivity index (χ0v) is 22.1. The average Bonchev–Trinajstić information content (AvgIpc) is 3.34. The fourth-order valence-electron chi connectivity index (χ4n) is 5.01. The topological polar surface area (TPSA) is 133 Å². The molecule has 10 nitrogen and oxygen atoms in total. The van der Waals surface area contributed by atoms with Crippen LogP contribution in [0.5, 0.6) is 0 Å². The molecule has 1 atom stereocenters. The lowest BCUT2D eigenvalue weighted by molar-refractivity contribution is -0.385. The number of fused-ring (bicyclic) bond motifs is 1. The van der Waals surface area contributed by atoms with Crippen molar-refractivity contribution in [2.75, 3.05) is 6.54 Å². The number of pyridine rings is 1. The molecule has 0 saturated carbocycles. The highest BCUT2D eigenvalue weighted by Gasteiger charge is 2.25. The first-order valence-corrected chi connectivity index (χ1v) is 13.1. The molecule has 0 aliphatic heterocycles. The molecule has 0 spiro atoms. The molecule has 5 rings (SSSR count). The molecule has 10 heteroatoms. The molecule has 0 fully saturated rings. The number of nitro benzene ring substituents is 2. The van der Waals surface area contributed by atoms with Crippen LogP contribution in [0.4, 0.5) is 11.4 Å². The Labute approximate surface area is 235 Å². The van der Waals surface area contributed by atoms with Gasteiger partial charge in [-0.25, -0.2) is 0 Å². The average molecular weight is 550 g/mol. The molecule has 0 aliphatic carbocycles. The van der Waals surface area contributed by atoms with Gasteiger partial charge >= 0.3 is 0 Å². The summed E-state index contributed by atoms with van der Waals surface area (Å²) in [4.78, 5) is 39.9. The van der Waals surface area contributed by atoms with Crippen LogP contribution >= 0.6 is 0 Å². The Kier molecular flexibility index (Phi) is 8.10. The van der Waals surface area contributed by atoms with E-state index in [1.807, 2.05) is 59.3 Å². The van der Waals surface area contributed by atoms with Crippen molar-refractivity contribution >= 4 is 28.2 Å². The normalized spacial score (nSPS) is 11.7. The van der Waals surface area contributed by atoms with Crippen LogP contribution in [-0.4, -0.2) is 31.8 Å². The first-order valence-electron chi connectivity index (χ1n) is 13.1. The molecule has 1 amide bonds. The van der Waals surface area contributed by atoms with Crippen LogP contribution in [0.15, 0.2) is 103 Å². The van der Waals surface area contributed by atoms with E-state index in [1.54, 1.807) is 24.4 Å². The summed E-state index contributed by atoms with van der Waals surface area (Å²) in [7, 11) is 0. The van der Waals surface area contributed by atoms with E-state index < -0.39 is 15.8 Å². The number of nitro groups is 2. The number of hydrogen-bond donors (Lipinski definition) is 1. The number of rotatable bonds is 11. The van der Waals surface area contributed by atoms with Crippen LogP contribution in [-0.2, 0) is 17.8 Å². The van der Waals surface area contributed by atoms with Crippen LogP contribution in [0.25, 0.3) is 10.9 Å². The summed E-state index contributed by atoms with van der Waals surface area (Å²) in [5, 5.41) is 26.8. The zero-order valence-electron chi connectivity index (χ0n) is 22.1. The van der Waals surface area contributed by atoms with Crippen molar-refractivity contribution in [3.05, 3.63) is 146 Å². The van der Waals surface area contributed by atoms with Crippen molar-refractivity contribution in [1.29, 1.82) is 0 Å². The molecule has 0 bridgehead atoms. The van der Waals surface area contributed by atoms with Gasteiger partial charge in [0.1, 0.15) is 0 Å². The second kappa shape index (κ2) is 12.2. The van der Waals surface area contributed by atoms with E-state index in [4.69, 9.17) is 0 Å². The number of nitrogens with one attached hydrogen (secondary N) is 1. The van der Waals surface area contributed by atoms with Gasteiger partial charge in [-0.3, -0.25) is 30.0 Å². The molecule has 206 valence electrons. The smallest absolute Gasteiger partial charge is 0.270 e. The molecule has 3 aromatic carbocycles. The summed E-state index contributed by atoms with van der Waals surface area (Å²) in [5.41, 5.74) is 3.73. The summed E-state index contributed by atoms with van der Waals surface area (Å²) >= 11 is 0. The molecule has 2 aromatic heterocycles. The minimum atomic E-state index is -0.591. The molecular formula is C31H27N5O5. The van der Waals surface area contributed by atoms with Gasteiger partial charge in [-0.1, -0.05) is 48.5 Å². The van der Waals surface area contributed by atoms with Crippen molar-refractivity contribution in [3.8, 4) is 0 Å². The molecule has 41 heavy (non-hydrogen) atoms. The van der Waals surface area contributed by atoms with E-state index >= 15 is 0 Å². The highest BCUT2D eigenvalue weighted by Crippen LogP contribution is 2.37. The standard InChI is InChI=1S/C31H27N5O5/c37-31(33-16-14-24-10-4-5-15-32-24)19-27(23-9-6-11-25(17-23)35(38)39)29-21-34(20-22-7-2-1-3-8-22)30-13-12-26(36(40)41)18-28(29)30/h1-13,15,17-18,21,27H,14,16,19-20H2,(H,33,37). The first kappa shape index (κ1) is 27.2. The van der Waals surface area contributed by atoms with Crippen molar-refractivity contribution in [2.45, 2.75) is 25.3 Å². The SMILES string of the molecule is O=C(CC(c1cccc([N+](=O)[O-])c1)c1cn(Cc2ccccc2)c2ccc([N+](=O)[O-])cc12)NCCc1ccccn1. The van der Waals surface area contributed by atoms with Crippen LogP contribution < -0.4 is 5.32 Å². The Morgan fingerprint density at radius 1 is 0.878 bits per heavy atom. The summed E-state index contributed by atoms with van der Waals surface area (Å²) in [6.07, 6.45) is 4.14. The molecule has 1 N–H and O–H groups in total. The third-order valence-corrected chi connectivity index (χ3v) is 6.98. The maximum absolute atomic E-state index is 13.2. The van der Waals surface area contributed by atoms with Gasteiger partial charge in [-0.15, -0.1) is 0 Å². The van der Waals surface area contributed by atoms with Crippen molar-refractivity contribution in [3.63, 3.8) is 0 Å². The minimum Gasteiger partial charge on any atom is -0.356 e. The van der Waals surface area contributed by atoms with Crippen molar-refractivity contribution < 1.29 is 14.6 Å². The summed E-state index contributed by atoms with van der Waals surface area (Å²) in [6, 6.07) is 26.2.